The molecular formula is C28H35N7O3. The number of hydrogen-bond acceptors (Lipinski definition) is 7. The van der Waals surface area contributed by atoms with Crippen LogP contribution in [0.2, 0.25) is 0 Å². The minimum atomic E-state index is -0.0315. The first kappa shape index (κ1) is 24.7. The zero-order valence-electron chi connectivity index (χ0n) is 22.4. The molecule has 3 aromatic heterocycles. The highest BCUT2D eigenvalue weighted by Gasteiger charge is 2.33. The summed E-state index contributed by atoms with van der Waals surface area (Å²) in [7, 11) is 1.93. The van der Waals surface area contributed by atoms with E-state index in [2.05, 4.69) is 45.3 Å². The molecule has 4 aromatic rings. The Labute approximate surface area is 221 Å². The molecule has 3 unspecified atom stereocenters. The van der Waals surface area contributed by atoms with Crippen molar-refractivity contribution in [2.24, 2.45) is 7.05 Å². The van der Waals surface area contributed by atoms with E-state index in [0.717, 1.165) is 64.2 Å². The van der Waals surface area contributed by atoms with Crippen molar-refractivity contribution < 1.29 is 14.6 Å². The highest BCUT2D eigenvalue weighted by Crippen LogP contribution is 2.36. The number of hydrogen-bond donors (Lipinski definition) is 2. The number of aliphatic hydroxyl groups is 1. The molecule has 10 heteroatoms. The average Bonchev–Trinajstić information content (AvgIpc) is 3.55. The molecule has 3 atom stereocenters. The number of benzene rings is 1. The normalized spacial score (nSPS) is 22.0. The van der Waals surface area contributed by atoms with Crippen molar-refractivity contribution >= 4 is 23.1 Å². The number of ether oxygens (including phenoxy) is 2. The first-order valence-corrected chi connectivity index (χ1v) is 13.4. The fourth-order valence-electron chi connectivity index (χ4n) is 5.56. The van der Waals surface area contributed by atoms with E-state index in [4.69, 9.17) is 14.6 Å². The van der Waals surface area contributed by atoms with Crippen LogP contribution in [0.3, 0.4) is 0 Å². The van der Waals surface area contributed by atoms with Gasteiger partial charge in [0.25, 0.3) is 0 Å². The lowest BCUT2D eigenvalue weighted by atomic mass is 9.99. The predicted octanol–water partition coefficient (Wildman–Crippen LogP) is 3.86. The molecule has 5 heterocycles. The van der Waals surface area contributed by atoms with Crippen LogP contribution in [-0.2, 0) is 20.1 Å². The van der Waals surface area contributed by atoms with E-state index in [1.54, 1.807) is 0 Å². The van der Waals surface area contributed by atoms with Gasteiger partial charge in [-0.1, -0.05) is 6.07 Å². The third-order valence-electron chi connectivity index (χ3n) is 7.58. The van der Waals surface area contributed by atoms with Gasteiger partial charge in [0.2, 0.25) is 11.8 Å². The van der Waals surface area contributed by atoms with Crippen LogP contribution < -0.4 is 9.47 Å². The molecule has 200 valence electrons. The van der Waals surface area contributed by atoms with Gasteiger partial charge in [-0.05, 0) is 70.0 Å². The van der Waals surface area contributed by atoms with E-state index >= 15 is 0 Å². The molecule has 1 aromatic carbocycles. The summed E-state index contributed by atoms with van der Waals surface area (Å²) in [6, 6.07) is 6.40. The number of aromatic amines is 1. The van der Waals surface area contributed by atoms with Crippen LogP contribution in [0.5, 0.6) is 11.8 Å². The van der Waals surface area contributed by atoms with E-state index in [-0.39, 0.29) is 24.9 Å². The largest absolute Gasteiger partial charge is 0.473 e. The standard InChI is InChI=1S/C28H35N7O3/c1-17(2)37-27-20-8-10-24-21-14-19(7-9-23(21)30-31-24)22-15-29-33(4)28(22)38-26-6-5-11-34(18(26)3)16-25(20)35(32-27)12-13-36/h7-10,14-15,17-18,26,36H,5-6,11-13,16H2,1-4H3,(H,30,31)/b10-8+. The number of fused-ring (bicyclic) bond motifs is 6. The Balaban J connectivity index is 1.55. The fraction of sp³-hybridized carbons (Fsp3) is 0.464. The molecule has 1 saturated heterocycles. The Bertz CT molecular complexity index is 1480. The summed E-state index contributed by atoms with van der Waals surface area (Å²) in [5.41, 5.74) is 5.72. The number of aromatic nitrogens is 6. The maximum absolute atomic E-state index is 9.82. The minimum Gasteiger partial charge on any atom is -0.473 e. The summed E-state index contributed by atoms with van der Waals surface area (Å²) in [6.07, 6.45) is 7.96. The van der Waals surface area contributed by atoms with Gasteiger partial charge in [0.1, 0.15) is 6.10 Å². The monoisotopic (exact) mass is 517 g/mol. The molecule has 2 aliphatic rings. The average molecular weight is 518 g/mol. The number of aliphatic hydroxyl groups excluding tert-OH is 1. The van der Waals surface area contributed by atoms with Gasteiger partial charge >= 0.3 is 0 Å². The molecule has 38 heavy (non-hydrogen) atoms. The maximum atomic E-state index is 9.82. The lowest BCUT2D eigenvalue weighted by Crippen LogP contribution is -2.48. The van der Waals surface area contributed by atoms with E-state index in [0.29, 0.717) is 19.0 Å². The van der Waals surface area contributed by atoms with Crippen LogP contribution in [0.25, 0.3) is 34.2 Å². The Hall–Kier alpha value is -3.63. The number of nitrogens with zero attached hydrogens (tertiary/aromatic N) is 6. The van der Waals surface area contributed by atoms with Gasteiger partial charge in [0.05, 0.1) is 53.5 Å². The predicted molar refractivity (Wildman–Crippen MR) is 146 cm³/mol. The second kappa shape index (κ2) is 9.92. The molecular weight excluding hydrogens is 482 g/mol. The fourth-order valence-corrected chi connectivity index (χ4v) is 5.56. The van der Waals surface area contributed by atoms with Crippen LogP contribution >= 0.6 is 0 Å². The first-order valence-electron chi connectivity index (χ1n) is 13.4. The Morgan fingerprint density at radius 2 is 2.13 bits per heavy atom. The van der Waals surface area contributed by atoms with Crippen LogP contribution in [0.4, 0.5) is 0 Å². The summed E-state index contributed by atoms with van der Waals surface area (Å²) in [5.74, 6) is 1.35. The Morgan fingerprint density at radius 1 is 1.26 bits per heavy atom. The smallest absolute Gasteiger partial charge is 0.240 e. The topological polar surface area (TPSA) is 106 Å². The van der Waals surface area contributed by atoms with Crippen molar-refractivity contribution in [3.8, 4) is 22.9 Å². The molecule has 6 rings (SSSR count). The van der Waals surface area contributed by atoms with Gasteiger partial charge in [-0.3, -0.25) is 14.7 Å². The van der Waals surface area contributed by atoms with E-state index in [1.165, 1.54) is 0 Å². The van der Waals surface area contributed by atoms with Gasteiger partial charge in [-0.25, -0.2) is 4.68 Å². The molecule has 0 saturated carbocycles. The molecule has 2 aliphatic heterocycles. The van der Waals surface area contributed by atoms with E-state index < -0.39 is 0 Å². The van der Waals surface area contributed by atoms with Crippen LogP contribution in [0.15, 0.2) is 24.4 Å². The van der Waals surface area contributed by atoms with Gasteiger partial charge in [0, 0.05) is 25.0 Å². The highest BCUT2D eigenvalue weighted by atomic mass is 16.5. The highest BCUT2D eigenvalue weighted by molar-refractivity contribution is 5.93. The number of nitrogens with one attached hydrogen (secondary N) is 1. The number of rotatable bonds is 4. The number of piperidine rings is 1. The van der Waals surface area contributed by atoms with Gasteiger partial charge in [0.15, 0.2) is 0 Å². The molecule has 2 N–H and O–H groups in total. The third-order valence-corrected chi connectivity index (χ3v) is 7.58. The number of H-pyrrole nitrogens is 1. The minimum absolute atomic E-state index is 0.00251. The van der Waals surface area contributed by atoms with Crippen molar-refractivity contribution in [3.63, 3.8) is 0 Å². The molecule has 0 amide bonds. The second-order valence-electron chi connectivity index (χ2n) is 10.5. The van der Waals surface area contributed by atoms with Gasteiger partial charge in [-0.15, -0.1) is 5.10 Å². The first-order chi connectivity index (χ1) is 18.4. The van der Waals surface area contributed by atoms with Crippen molar-refractivity contribution in [1.82, 2.24) is 34.7 Å². The molecule has 0 aliphatic carbocycles. The molecule has 4 bridgehead atoms. The van der Waals surface area contributed by atoms with Crippen molar-refractivity contribution in [3.05, 3.63) is 41.3 Å². The SMILES string of the molecule is CC(C)Oc1nn(CCO)c2c1/C=C/c1[nH]nc3ccc(cc13)-c1cnn(C)c1OC1CCCN(C2)C1C. The molecule has 0 radical (unpaired) electrons. The maximum Gasteiger partial charge on any atom is 0.240 e. The van der Waals surface area contributed by atoms with Crippen LogP contribution in [0.1, 0.15) is 50.6 Å². The zero-order chi connectivity index (χ0) is 26.4. The van der Waals surface area contributed by atoms with Crippen LogP contribution in [-0.4, -0.2) is 71.2 Å². The quantitative estimate of drug-likeness (QED) is 0.423. The summed E-state index contributed by atoms with van der Waals surface area (Å²) >= 11 is 0. The lowest BCUT2D eigenvalue weighted by molar-refractivity contribution is 0.0253. The van der Waals surface area contributed by atoms with Crippen molar-refractivity contribution in [1.29, 1.82) is 0 Å². The van der Waals surface area contributed by atoms with E-state index in [1.807, 2.05) is 48.6 Å². The summed E-state index contributed by atoms with van der Waals surface area (Å²) in [6.45, 7) is 8.24. The Kier molecular flexibility index (Phi) is 6.45. The van der Waals surface area contributed by atoms with Crippen molar-refractivity contribution in [2.45, 2.75) is 65.0 Å². The van der Waals surface area contributed by atoms with Gasteiger partial charge < -0.3 is 14.6 Å². The summed E-state index contributed by atoms with van der Waals surface area (Å²) in [5, 5.41) is 27.9. The molecule has 1 fully saturated rings. The molecule has 10 nitrogen and oxygen atoms in total. The third kappa shape index (κ3) is 4.37. The zero-order valence-corrected chi connectivity index (χ0v) is 22.4. The van der Waals surface area contributed by atoms with Gasteiger partial charge in [-0.2, -0.15) is 10.2 Å². The molecule has 0 spiro atoms. The van der Waals surface area contributed by atoms with Crippen LogP contribution in [0, 0.1) is 0 Å². The summed E-state index contributed by atoms with van der Waals surface area (Å²) < 4.78 is 16.6. The van der Waals surface area contributed by atoms with Crippen molar-refractivity contribution in [2.75, 3.05) is 13.2 Å². The van der Waals surface area contributed by atoms with E-state index in [9.17, 15) is 5.11 Å². The Morgan fingerprint density at radius 3 is 2.95 bits per heavy atom. The summed E-state index contributed by atoms with van der Waals surface area (Å²) in [4.78, 5) is 2.44. The lowest BCUT2D eigenvalue weighted by Gasteiger charge is -2.39. The second-order valence-corrected chi connectivity index (χ2v) is 10.5. The number of aryl methyl sites for hydroxylation is 1.